The number of aryl methyl sites for hydroxylation is 1. The molecule has 2 amide bonds. The lowest BCUT2D eigenvalue weighted by atomic mass is 10.1. The number of anilines is 1. The van der Waals surface area contributed by atoms with Crippen LogP contribution in [0.25, 0.3) is 0 Å². The zero-order valence-electron chi connectivity index (χ0n) is 16.3. The van der Waals surface area contributed by atoms with Crippen molar-refractivity contribution in [1.82, 2.24) is 4.98 Å². The molecule has 0 bridgehead atoms. The number of aromatic nitrogens is 1. The van der Waals surface area contributed by atoms with Crippen LogP contribution in [0.2, 0.25) is 5.02 Å². The molecule has 0 saturated heterocycles. The number of nitrogens with one attached hydrogen (secondary N) is 1. The third-order valence-electron chi connectivity index (χ3n) is 4.21. The third kappa shape index (κ3) is 6.03. The van der Waals surface area contributed by atoms with E-state index >= 15 is 0 Å². The van der Waals surface area contributed by atoms with E-state index in [2.05, 4.69) is 10.3 Å². The number of thiazole rings is 1. The first-order valence-corrected chi connectivity index (χ1v) is 11.1. The average molecular weight is 477 g/mol. The summed E-state index contributed by atoms with van der Waals surface area (Å²) >= 11 is 8.50. The highest BCUT2D eigenvalue weighted by Crippen LogP contribution is 2.30. The minimum absolute atomic E-state index is 0.0330. The van der Waals surface area contributed by atoms with Crippen LogP contribution in [-0.2, 0) is 11.2 Å². The van der Waals surface area contributed by atoms with Crippen molar-refractivity contribution < 1.29 is 14.5 Å². The smallest absolute Gasteiger partial charge is 0.283 e. The Balaban J connectivity index is 1.60. The molecule has 160 valence electrons. The lowest BCUT2D eigenvalue weighted by Gasteiger charge is -2.05. The number of amides is 2. The van der Waals surface area contributed by atoms with E-state index in [1.807, 2.05) is 25.1 Å². The molecule has 0 saturated carbocycles. The van der Waals surface area contributed by atoms with E-state index in [9.17, 15) is 19.7 Å². The van der Waals surface area contributed by atoms with Gasteiger partial charge in [0, 0.05) is 34.1 Å². The summed E-state index contributed by atoms with van der Waals surface area (Å²) in [5, 5.41) is 15.1. The SMILES string of the molecule is Cc1ccc(Cc2cnc(NC(=O)CSc3ccc(C(N)=O)cc3[N+](=O)[O-])s2)cc1Cl. The monoisotopic (exact) mass is 476 g/mol. The number of nitro groups is 1. The van der Waals surface area contributed by atoms with Crippen LogP contribution in [-0.4, -0.2) is 27.5 Å². The molecule has 0 atom stereocenters. The van der Waals surface area contributed by atoms with Crippen molar-refractivity contribution in [2.45, 2.75) is 18.2 Å². The molecule has 0 radical (unpaired) electrons. The normalized spacial score (nSPS) is 10.6. The molecule has 2 aromatic carbocycles. The van der Waals surface area contributed by atoms with E-state index in [4.69, 9.17) is 17.3 Å². The Kier molecular flexibility index (Phi) is 7.26. The number of rotatable bonds is 8. The second-order valence-corrected chi connectivity index (χ2v) is 9.07. The van der Waals surface area contributed by atoms with Gasteiger partial charge in [-0.15, -0.1) is 23.1 Å². The number of carbonyl (C=O) groups is 2. The van der Waals surface area contributed by atoms with Crippen molar-refractivity contribution in [2.75, 3.05) is 11.1 Å². The number of benzene rings is 2. The fourth-order valence-electron chi connectivity index (χ4n) is 2.63. The summed E-state index contributed by atoms with van der Waals surface area (Å²) in [7, 11) is 0. The highest BCUT2D eigenvalue weighted by Gasteiger charge is 2.18. The van der Waals surface area contributed by atoms with Crippen molar-refractivity contribution >= 4 is 57.3 Å². The van der Waals surface area contributed by atoms with Crippen LogP contribution in [0.4, 0.5) is 10.8 Å². The van der Waals surface area contributed by atoms with Crippen LogP contribution in [0.15, 0.2) is 47.5 Å². The molecule has 11 heteroatoms. The topological polar surface area (TPSA) is 128 Å². The minimum Gasteiger partial charge on any atom is -0.366 e. The number of hydrogen-bond acceptors (Lipinski definition) is 7. The Bertz CT molecular complexity index is 1170. The van der Waals surface area contributed by atoms with Crippen molar-refractivity contribution in [3.05, 3.63) is 79.3 Å². The largest absolute Gasteiger partial charge is 0.366 e. The van der Waals surface area contributed by atoms with Gasteiger partial charge in [-0.05, 0) is 36.2 Å². The van der Waals surface area contributed by atoms with Gasteiger partial charge in [0.05, 0.1) is 15.6 Å². The van der Waals surface area contributed by atoms with Crippen molar-refractivity contribution in [3.8, 4) is 0 Å². The molecule has 0 aliphatic carbocycles. The van der Waals surface area contributed by atoms with Crippen LogP contribution in [0.1, 0.15) is 26.4 Å². The van der Waals surface area contributed by atoms with Crippen molar-refractivity contribution in [3.63, 3.8) is 0 Å². The van der Waals surface area contributed by atoms with E-state index < -0.39 is 10.8 Å². The predicted octanol–water partition coefficient (Wildman–Crippen LogP) is 4.43. The maximum Gasteiger partial charge on any atom is 0.283 e. The fraction of sp³-hybridized carbons (Fsp3) is 0.150. The fourth-order valence-corrected chi connectivity index (χ4v) is 4.50. The Hall–Kier alpha value is -2.95. The third-order valence-corrected chi connectivity index (χ3v) is 6.60. The summed E-state index contributed by atoms with van der Waals surface area (Å²) in [6.45, 7) is 1.94. The van der Waals surface area contributed by atoms with Gasteiger partial charge in [0.1, 0.15) is 0 Å². The number of thioether (sulfide) groups is 1. The van der Waals surface area contributed by atoms with Gasteiger partial charge in [-0.25, -0.2) is 4.98 Å². The molecule has 8 nitrogen and oxygen atoms in total. The van der Waals surface area contributed by atoms with Gasteiger partial charge in [0.2, 0.25) is 11.8 Å². The van der Waals surface area contributed by atoms with Crippen molar-refractivity contribution in [2.24, 2.45) is 5.73 Å². The zero-order valence-corrected chi connectivity index (χ0v) is 18.6. The van der Waals surface area contributed by atoms with E-state index in [0.29, 0.717) is 16.6 Å². The molecule has 31 heavy (non-hydrogen) atoms. The van der Waals surface area contributed by atoms with E-state index in [1.165, 1.54) is 23.5 Å². The van der Waals surface area contributed by atoms with Crippen LogP contribution in [0, 0.1) is 17.0 Å². The summed E-state index contributed by atoms with van der Waals surface area (Å²) < 4.78 is 0. The number of nitrogens with two attached hydrogens (primary N) is 1. The van der Waals surface area contributed by atoms with Gasteiger partial charge in [-0.2, -0.15) is 0 Å². The second-order valence-electron chi connectivity index (χ2n) is 6.53. The standard InChI is InChI=1S/C20H17ClN4O4S2/c1-11-2-3-12(7-15(11)21)6-14-9-23-20(31-14)24-18(26)10-30-17-5-4-13(19(22)27)8-16(17)25(28)29/h2-5,7-9H,6,10H2,1H3,(H2,22,27)(H,23,24,26). The Labute approximate surface area is 191 Å². The lowest BCUT2D eigenvalue weighted by molar-refractivity contribution is -0.387. The Morgan fingerprint density at radius 1 is 1.29 bits per heavy atom. The molecule has 0 fully saturated rings. The number of carbonyl (C=O) groups excluding carboxylic acids is 2. The molecule has 0 unspecified atom stereocenters. The number of primary amides is 1. The molecule has 3 N–H and O–H groups in total. The number of nitrogens with zero attached hydrogens (tertiary/aromatic N) is 2. The molecule has 3 rings (SSSR count). The van der Waals surface area contributed by atoms with Gasteiger partial charge in [0.25, 0.3) is 5.69 Å². The first-order valence-electron chi connectivity index (χ1n) is 8.93. The summed E-state index contributed by atoms with van der Waals surface area (Å²) in [5.74, 6) is -1.17. The van der Waals surface area contributed by atoms with Gasteiger partial charge in [-0.1, -0.05) is 23.7 Å². The van der Waals surface area contributed by atoms with Gasteiger partial charge >= 0.3 is 0 Å². The first-order chi connectivity index (χ1) is 14.7. The van der Waals surface area contributed by atoms with Gasteiger partial charge < -0.3 is 11.1 Å². The minimum atomic E-state index is -0.759. The van der Waals surface area contributed by atoms with Crippen LogP contribution < -0.4 is 11.1 Å². The van der Waals surface area contributed by atoms with Gasteiger partial charge in [-0.3, -0.25) is 19.7 Å². The summed E-state index contributed by atoms with van der Waals surface area (Å²) in [4.78, 5) is 39.6. The highest BCUT2D eigenvalue weighted by atomic mass is 35.5. The van der Waals surface area contributed by atoms with E-state index in [1.54, 1.807) is 6.20 Å². The number of hydrogen-bond donors (Lipinski definition) is 2. The molecule has 3 aromatic rings. The lowest BCUT2D eigenvalue weighted by Crippen LogP contribution is -2.14. The molecule has 1 heterocycles. The molecule has 0 aliphatic rings. The van der Waals surface area contributed by atoms with E-state index in [-0.39, 0.29) is 27.8 Å². The summed E-state index contributed by atoms with van der Waals surface area (Å²) in [6, 6.07) is 9.75. The van der Waals surface area contributed by atoms with Gasteiger partial charge in [0.15, 0.2) is 5.13 Å². The second kappa shape index (κ2) is 9.90. The van der Waals surface area contributed by atoms with Crippen LogP contribution in [0.5, 0.6) is 0 Å². The number of halogens is 1. The maximum absolute atomic E-state index is 12.3. The average Bonchev–Trinajstić information content (AvgIpc) is 3.15. The summed E-state index contributed by atoms with van der Waals surface area (Å²) in [5.41, 5.74) is 6.96. The summed E-state index contributed by atoms with van der Waals surface area (Å²) in [6.07, 6.45) is 2.33. The quantitative estimate of drug-likeness (QED) is 0.281. The molecule has 1 aromatic heterocycles. The van der Waals surface area contributed by atoms with Crippen LogP contribution >= 0.6 is 34.7 Å². The van der Waals surface area contributed by atoms with Crippen molar-refractivity contribution in [1.29, 1.82) is 0 Å². The first kappa shape index (κ1) is 22.7. The molecule has 0 spiro atoms. The Morgan fingerprint density at radius 2 is 2.06 bits per heavy atom. The number of nitro benzene ring substituents is 1. The van der Waals surface area contributed by atoms with E-state index in [0.717, 1.165) is 33.8 Å². The Morgan fingerprint density at radius 3 is 2.74 bits per heavy atom. The predicted molar refractivity (Wildman–Crippen MR) is 122 cm³/mol. The highest BCUT2D eigenvalue weighted by molar-refractivity contribution is 8.00. The molecular weight excluding hydrogens is 460 g/mol. The molecular formula is C20H17ClN4O4S2. The zero-order chi connectivity index (χ0) is 22.5. The maximum atomic E-state index is 12.3. The molecule has 0 aliphatic heterocycles. The van der Waals surface area contributed by atoms with Crippen LogP contribution in [0.3, 0.4) is 0 Å².